The van der Waals surface area contributed by atoms with Gasteiger partial charge in [0.15, 0.2) is 23.6 Å². The number of anilines is 1. The van der Waals surface area contributed by atoms with Crippen LogP contribution in [0.3, 0.4) is 0 Å². The van der Waals surface area contributed by atoms with E-state index in [9.17, 15) is 0 Å². The van der Waals surface area contributed by atoms with Gasteiger partial charge >= 0.3 is 0 Å². The highest BCUT2D eigenvalue weighted by Crippen LogP contribution is 2.39. The maximum atomic E-state index is 15.1. The highest BCUT2D eigenvalue weighted by Gasteiger charge is 2.25. The van der Waals surface area contributed by atoms with Gasteiger partial charge in [-0.3, -0.25) is 4.98 Å². The molecule has 10 heteroatoms. The maximum Gasteiger partial charge on any atom is 0.223 e. The van der Waals surface area contributed by atoms with Crippen molar-refractivity contribution in [2.24, 2.45) is 0 Å². The molecule has 0 aliphatic carbocycles. The number of nitrogens with two attached hydrogens (primary N) is 1. The fraction of sp³-hybridized carbons (Fsp3) is 0.0909. The van der Waals surface area contributed by atoms with Crippen LogP contribution < -0.4 is 5.73 Å². The third kappa shape index (κ3) is 3.13. The summed E-state index contributed by atoms with van der Waals surface area (Å²) in [6.45, 7) is 8.99. The molecule has 0 saturated carbocycles. The Morgan fingerprint density at radius 2 is 2.03 bits per heavy atom. The number of benzene rings is 1. The lowest BCUT2D eigenvalue weighted by molar-refractivity contribution is 0.571. The van der Waals surface area contributed by atoms with Crippen molar-refractivity contribution in [2.45, 2.75) is 13.3 Å². The molecular weight excluding hydrogens is 411 g/mol. The summed E-state index contributed by atoms with van der Waals surface area (Å²) >= 11 is 0. The molecule has 0 aliphatic heterocycles. The van der Waals surface area contributed by atoms with Gasteiger partial charge in [-0.25, -0.2) is 24.2 Å². The van der Waals surface area contributed by atoms with Crippen molar-refractivity contribution in [1.82, 2.24) is 29.5 Å². The minimum absolute atomic E-state index is 0.0169. The van der Waals surface area contributed by atoms with Gasteiger partial charge in [-0.05, 0) is 19.1 Å². The van der Waals surface area contributed by atoms with Crippen LogP contribution in [0.5, 0.6) is 0 Å². The second kappa shape index (κ2) is 7.55. The highest BCUT2D eigenvalue weighted by molar-refractivity contribution is 5.90. The van der Waals surface area contributed by atoms with Crippen molar-refractivity contribution in [2.75, 3.05) is 5.73 Å². The van der Waals surface area contributed by atoms with E-state index in [4.69, 9.17) is 16.7 Å². The van der Waals surface area contributed by atoms with Gasteiger partial charge in [0.1, 0.15) is 5.82 Å². The van der Waals surface area contributed by atoms with E-state index in [0.717, 1.165) is 5.69 Å². The van der Waals surface area contributed by atoms with Gasteiger partial charge < -0.3 is 10.2 Å². The largest absolute Gasteiger partial charge is 0.443 e. The fourth-order valence-corrected chi connectivity index (χ4v) is 3.47. The topological polar surface area (TPSA) is 112 Å². The smallest absolute Gasteiger partial charge is 0.223 e. The molecule has 0 atom stereocenters. The van der Waals surface area contributed by atoms with Gasteiger partial charge in [0.25, 0.3) is 0 Å². The molecule has 0 saturated heterocycles. The van der Waals surface area contributed by atoms with Crippen LogP contribution in [0.4, 0.5) is 16.0 Å². The average molecular weight is 426 g/mol. The summed E-state index contributed by atoms with van der Waals surface area (Å²) in [4.78, 5) is 20.8. The molecule has 0 bridgehead atoms. The quantitative estimate of drug-likeness (QED) is 0.432. The molecule has 2 N–H and O–H groups in total. The van der Waals surface area contributed by atoms with Gasteiger partial charge in [0.2, 0.25) is 11.6 Å². The number of rotatable bonds is 4. The number of halogens is 1. The molecule has 0 spiro atoms. The molecule has 0 fully saturated rings. The number of hydrogen-bond acceptors (Lipinski definition) is 7. The van der Waals surface area contributed by atoms with E-state index in [1.165, 1.54) is 23.0 Å². The molecule has 4 aromatic heterocycles. The number of pyridine rings is 1. The fourth-order valence-electron chi connectivity index (χ4n) is 3.47. The van der Waals surface area contributed by atoms with Crippen LogP contribution in [0.2, 0.25) is 0 Å². The predicted molar refractivity (Wildman–Crippen MR) is 114 cm³/mol. The van der Waals surface area contributed by atoms with Crippen LogP contribution in [0.1, 0.15) is 17.2 Å². The molecule has 156 valence electrons. The lowest BCUT2D eigenvalue weighted by atomic mass is 10.0. The summed E-state index contributed by atoms with van der Waals surface area (Å²) in [6, 6.07) is 10.1. The van der Waals surface area contributed by atoms with Crippen molar-refractivity contribution in [1.29, 1.82) is 0 Å². The number of aryl methyl sites for hydroxylation is 1. The minimum Gasteiger partial charge on any atom is -0.443 e. The van der Waals surface area contributed by atoms with E-state index >= 15 is 4.39 Å². The van der Waals surface area contributed by atoms with Crippen molar-refractivity contribution in [3.63, 3.8) is 0 Å². The Labute approximate surface area is 181 Å². The summed E-state index contributed by atoms with van der Waals surface area (Å²) in [5.74, 6) is 0.138. The Kier molecular flexibility index (Phi) is 4.56. The van der Waals surface area contributed by atoms with Crippen LogP contribution in [0.25, 0.3) is 33.1 Å². The van der Waals surface area contributed by atoms with E-state index in [1.807, 2.05) is 18.2 Å². The van der Waals surface area contributed by atoms with E-state index in [0.29, 0.717) is 34.9 Å². The van der Waals surface area contributed by atoms with Crippen LogP contribution in [-0.2, 0) is 6.42 Å². The van der Waals surface area contributed by atoms with Crippen LogP contribution in [0.15, 0.2) is 53.4 Å². The number of nitrogens with zero attached hydrogens (tertiary/aromatic N) is 7. The summed E-state index contributed by atoms with van der Waals surface area (Å²) in [7, 11) is 0. The molecule has 4 heterocycles. The number of oxazole rings is 1. The Morgan fingerprint density at radius 3 is 2.75 bits per heavy atom. The van der Waals surface area contributed by atoms with Crippen molar-refractivity contribution in [3.8, 4) is 22.6 Å². The SMILES string of the molecule is [C-]#[N+]c1cccc(-c2nc(N)n3nc(Cc4ccccn4)nc3c2-c2ocnc2C)c1F. The van der Waals surface area contributed by atoms with Crippen LogP contribution >= 0.6 is 0 Å². The molecule has 0 amide bonds. The minimum atomic E-state index is -0.703. The monoisotopic (exact) mass is 426 g/mol. The predicted octanol–water partition coefficient (Wildman–Crippen LogP) is 4.01. The summed E-state index contributed by atoms with van der Waals surface area (Å²) < 4.78 is 22.1. The Bertz CT molecular complexity index is 1500. The van der Waals surface area contributed by atoms with Crippen molar-refractivity contribution in [3.05, 3.63) is 83.4 Å². The summed E-state index contributed by atoms with van der Waals surface area (Å²) in [5, 5.41) is 4.47. The summed E-state index contributed by atoms with van der Waals surface area (Å²) in [5.41, 5.74) is 8.43. The average Bonchev–Trinajstić information content (AvgIpc) is 3.41. The number of aromatic nitrogens is 6. The van der Waals surface area contributed by atoms with Gasteiger partial charge in [0, 0.05) is 17.5 Å². The first-order valence-electron chi connectivity index (χ1n) is 9.58. The lowest BCUT2D eigenvalue weighted by Crippen LogP contribution is -2.06. The first-order valence-corrected chi connectivity index (χ1v) is 9.58. The molecule has 1 aromatic carbocycles. The number of fused-ring (bicyclic) bond motifs is 1. The Hall–Kier alpha value is -4.65. The first kappa shape index (κ1) is 19.3. The van der Waals surface area contributed by atoms with E-state index in [2.05, 4.69) is 29.9 Å². The molecule has 0 radical (unpaired) electrons. The van der Waals surface area contributed by atoms with E-state index in [-0.39, 0.29) is 22.9 Å². The molecular formula is C22H15FN8O. The first-order chi connectivity index (χ1) is 15.6. The van der Waals surface area contributed by atoms with Crippen molar-refractivity contribution < 1.29 is 8.81 Å². The molecule has 32 heavy (non-hydrogen) atoms. The molecule has 0 aliphatic rings. The van der Waals surface area contributed by atoms with E-state index in [1.54, 1.807) is 19.2 Å². The van der Waals surface area contributed by atoms with Gasteiger partial charge in [-0.2, -0.15) is 4.52 Å². The Morgan fingerprint density at radius 1 is 1.16 bits per heavy atom. The second-order valence-corrected chi connectivity index (χ2v) is 6.97. The van der Waals surface area contributed by atoms with E-state index < -0.39 is 5.82 Å². The van der Waals surface area contributed by atoms with Gasteiger partial charge in [-0.1, -0.05) is 24.3 Å². The zero-order valence-electron chi connectivity index (χ0n) is 16.8. The molecule has 5 aromatic rings. The second-order valence-electron chi connectivity index (χ2n) is 6.97. The number of nitrogen functional groups attached to an aromatic ring is 1. The highest BCUT2D eigenvalue weighted by atomic mass is 19.1. The summed E-state index contributed by atoms with van der Waals surface area (Å²) in [6.07, 6.45) is 3.35. The third-order valence-corrected chi connectivity index (χ3v) is 4.95. The Balaban J connectivity index is 1.80. The van der Waals surface area contributed by atoms with Crippen LogP contribution in [0, 0.1) is 19.3 Å². The molecule has 0 unspecified atom stereocenters. The number of hydrogen-bond donors (Lipinski definition) is 1. The molecule has 9 nitrogen and oxygen atoms in total. The normalized spacial score (nSPS) is 11.0. The standard InChI is InChI=1S/C22H15FN8O/c1-12-20(32-11-27-12)17-19(14-7-5-8-15(25-2)18(14)23)29-22(24)31-21(17)28-16(30-31)10-13-6-3-4-9-26-13/h3-9,11H,10H2,1H3,(H2,24,29). The van der Waals surface area contributed by atoms with Gasteiger partial charge in [-0.15, -0.1) is 5.10 Å². The zero-order valence-corrected chi connectivity index (χ0v) is 16.8. The maximum absolute atomic E-state index is 15.1. The van der Waals surface area contributed by atoms with Crippen molar-refractivity contribution >= 4 is 17.3 Å². The van der Waals surface area contributed by atoms with Gasteiger partial charge in [0.05, 0.1) is 29.9 Å². The zero-order chi connectivity index (χ0) is 22.2. The molecule has 5 rings (SSSR count). The third-order valence-electron chi connectivity index (χ3n) is 4.95. The lowest BCUT2D eigenvalue weighted by Gasteiger charge is -2.11. The van der Waals surface area contributed by atoms with Crippen LogP contribution in [-0.4, -0.2) is 29.5 Å².